The van der Waals surface area contributed by atoms with Crippen LogP contribution in [0.2, 0.25) is 0 Å². The van der Waals surface area contributed by atoms with Crippen LogP contribution >= 0.6 is 0 Å². The third-order valence-corrected chi connectivity index (χ3v) is 5.36. The molecule has 0 saturated carbocycles. The second-order valence-electron chi connectivity index (χ2n) is 7.06. The summed E-state index contributed by atoms with van der Waals surface area (Å²) in [5, 5.41) is 9.67. The third-order valence-electron chi connectivity index (χ3n) is 5.36. The summed E-state index contributed by atoms with van der Waals surface area (Å²) >= 11 is 0. The molecule has 0 aliphatic carbocycles. The fourth-order valence-electron chi connectivity index (χ4n) is 3.71. The largest absolute Gasteiger partial charge is 0.301 e. The van der Waals surface area contributed by atoms with Crippen molar-refractivity contribution in [3.8, 4) is 11.8 Å². The van der Waals surface area contributed by atoms with Crippen molar-refractivity contribution in [3.05, 3.63) is 70.3 Å². The Morgan fingerprint density at radius 3 is 2.43 bits per heavy atom. The Balaban J connectivity index is 1.80. The first-order valence-electron chi connectivity index (χ1n) is 9.65. The molecule has 6 nitrogen and oxygen atoms in total. The molecule has 0 atom stereocenters. The molecule has 4 rings (SSSR count). The van der Waals surface area contributed by atoms with Gasteiger partial charge in [0.1, 0.15) is 5.82 Å². The molecule has 3 aromatic rings. The highest BCUT2D eigenvalue weighted by Crippen LogP contribution is 2.16. The number of piperazine rings is 1. The molecule has 0 amide bonds. The summed E-state index contributed by atoms with van der Waals surface area (Å²) in [4.78, 5) is 22.9. The zero-order chi connectivity index (χ0) is 19.5. The lowest BCUT2D eigenvalue weighted by molar-refractivity contribution is 0.129. The van der Waals surface area contributed by atoms with Gasteiger partial charge in [-0.15, -0.1) is 0 Å². The number of nitriles is 1. The Morgan fingerprint density at radius 1 is 1.04 bits per heavy atom. The molecule has 28 heavy (non-hydrogen) atoms. The molecule has 2 aromatic carbocycles. The maximum atomic E-state index is 13.3. The van der Waals surface area contributed by atoms with Crippen molar-refractivity contribution in [2.45, 2.75) is 13.5 Å². The van der Waals surface area contributed by atoms with Crippen molar-refractivity contribution >= 4 is 10.9 Å². The van der Waals surface area contributed by atoms with Crippen LogP contribution in [-0.2, 0) is 6.54 Å². The van der Waals surface area contributed by atoms with Crippen LogP contribution in [0.5, 0.6) is 0 Å². The SMILES string of the molecule is CCN1CCN(Cc2nc3ccc(C#N)cc3c(=O)n2-c2ccccc2)CC1. The number of hydrogen-bond acceptors (Lipinski definition) is 5. The number of hydrogen-bond donors (Lipinski definition) is 0. The Bertz CT molecular complexity index is 1080. The van der Waals surface area contributed by atoms with Gasteiger partial charge >= 0.3 is 0 Å². The Labute approximate surface area is 164 Å². The highest BCUT2D eigenvalue weighted by Gasteiger charge is 2.20. The summed E-state index contributed by atoms with van der Waals surface area (Å²) in [6.07, 6.45) is 0. The van der Waals surface area contributed by atoms with Crippen molar-refractivity contribution < 1.29 is 0 Å². The zero-order valence-electron chi connectivity index (χ0n) is 16.0. The molecule has 1 aliphatic rings. The van der Waals surface area contributed by atoms with Crippen LogP contribution in [0.15, 0.2) is 53.3 Å². The summed E-state index contributed by atoms with van der Waals surface area (Å²) in [6.45, 7) is 7.86. The zero-order valence-corrected chi connectivity index (χ0v) is 16.0. The Morgan fingerprint density at radius 2 is 1.75 bits per heavy atom. The van der Waals surface area contributed by atoms with E-state index >= 15 is 0 Å². The van der Waals surface area contributed by atoms with Gasteiger partial charge in [-0.05, 0) is 36.9 Å². The molecule has 0 N–H and O–H groups in total. The fraction of sp³-hybridized carbons (Fsp3) is 0.318. The summed E-state index contributed by atoms with van der Waals surface area (Å²) in [6, 6.07) is 16.8. The van der Waals surface area contributed by atoms with Gasteiger partial charge in [-0.1, -0.05) is 25.1 Å². The second-order valence-corrected chi connectivity index (χ2v) is 7.06. The lowest BCUT2D eigenvalue weighted by Crippen LogP contribution is -2.46. The highest BCUT2D eigenvalue weighted by molar-refractivity contribution is 5.79. The van der Waals surface area contributed by atoms with E-state index in [1.807, 2.05) is 30.3 Å². The van der Waals surface area contributed by atoms with Crippen LogP contribution in [0.1, 0.15) is 18.3 Å². The summed E-state index contributed by atoms with van der Waals surface area (Å²) < 4.78 is 1.69. The first kappa shape index (κ1) is 18.4. The first-order valence-corrected chi connectivity index (χ1v) is 9.65. The average Bonchev–Trinajstić information content (AvgIpc) is 2.75. The van der Waals surface area contributed by atoms with E-state index in [0.717, 1.165) is 44.2 Å². The van der Waals surface area contributed by atoms with Crippen LogP contribution < -0.4 is 5.56 Å². The first-order chi connectivity index (χ1) is 13.7. The van der Waals surface area contributed by atoms with Gasteiger partial charge in [0.05, 0.1) is 34.8 Å². The van der Waals surface area contributed by atoms with E-state index in [1.165, 1.54) is 0 Å². The summed E-state index contributed by atoms with van der Waals surface area (Å²) in [5.41, 5.74) is 1.77. The van der Waals surface area contributed by atoms with E-state index in [4.69, 9.17) is 4.98 Å². The molecular weight excluding hydrogens is 350 g/mol. The average molecular weight is 373 g/mol. The molecule has 0 radical (unpaired) electrons. The standard InChI is InChI=1S/C22H23N5O/c1-2-25-10-12-26(13-11-25)16-21-24-20-9-8-17(15-23)14-19(20)22(28)27(21)18-6-4-3-5-7-18/h3-9,14H,2,10-13,16H2,1H3. The fourth-order valence-corrected chi connectivity index (χ4v) is 3.71. The van der Waals surface area contributed by atoms with Gasteiger partial charge in [0.2, 0.25) is 0 Å². The van der Waals surface area contributed by atoms with Gasteiger partial charge < -0.3 is 4.90 Å². The minimum absolute atomic E-state index is 0.129. The maximum Gasteiger partial charge on any atom is 0.266 e. The number of para-hydroxylation sites is 1. The minimum atomic E-state index is -0.129. The van der Waals surface area contributed by atoms with Crippen molar-refractivity contribution in [1.29, 1.82) is 5.26 Å². The predicted octanol–water partition coefficient (Wildman–Crippen LogP) is 2.39. The molecule has 0 bridgehead atoms. The van der Waals surface area contributed by atoms with Crippen molar-refractivity contribution in [1.82, 2.24) is 19.4 Å². The lowest BCUT2D eigenvalue weighted by Gasteiger charge is -2.34. The van der Waals surface area contributed by atoms with Gasteiger partial charge in [0.15, 0.2) is 0 Å². The number of aromatic nitrogens is 2. The number of likely N-dealkylation sites (N-methyl/N-ethyl adjacent to an activating group) is 1. The smallest absolute Gasteiger partial charge is 0.266 e. The van der Waals surface area contributed by atoms with E-state index < -0.39 is 0 Å². The van der Waals surface area contributed by atoms with Gasteiger partial charge in [0, 0.05) is 26.2 Å². The van der Waals surface area contributed by atoms with E-state index in [0.29, 0.717) is 23.0 Å². The molecule has 2 heterocycles. The van der Waals surface area contributed by atoms with Crippen LogP contribution in [-0.4, -0.2) is 52.1 Å². The van der Waals surface area contributed by atoms with Crippen molar-refractivity contribution in [2.75, 3.05) is 32.7 Å². The molecule has 0 unspecified atom stereocenters. The minimum Gasteiger partial charge on any atom is -0.301 e. The number of rotatable bonds is 4. The van der Waals surface area contributed by atoms with Gasteiger partial charge in [-0.3, -0.25) is 14.3 Å². The Kier molecular flexibility index (Phi) is 5.20. The molecule has 1 aromatic heterocycles. The van der Waals surface area contributed by atoms with Crippen LogP contribution in [0, 0.1) is 11.3 Å². The highest BCUT2D eigenvalue weighted by atomic mass is 16.1. The number of benzene rings is 2. The van der Waals surface area contributed by atoms with Gasteiger partial charge in [-0.2, -0.15) is 5.26 Å². The molecule has 1 fully saturated rings. The topological polar surface area (TPSA) is 65.2 Å². The molecule has 142 valence electrons. The lowest BCUT2D eigenvalue weighted by atomic mass is 10.1. The molecule has 6 heteroatoms. The van der Waals surface area contributed by atoms with Crippen LogP contribution in [0.25, 0.3) is 16.6 Å². The van der Waals surface area contributed by atoms with Crippen LogP contribution in [0.3, 0.4) is 0 Å². The molecule has 1 saturated heterocycles. The maximum absolute atomic E-state index is 13.3. The van der Waals surface area contributed by atoms with Gasteiger partial charge in [0.25, 0.3) is 5.56 Å². The number of nitrogens with zero attached hydrogens (tertiary/aromatic N) is 5. The third kappa shape index (κ3) is 3.55. The van der Waals surface area contributed by atoms with E-state index in [2.05, 4.69) is 22.8 Å². The molecular formula is C22H23N5O. The molecule has 1 aliphatic heterocycles. The monoisotopic (exact) mass is 373 g/mol. The van der Waals surface area contributed by atoms with Crippen LogP contribution in [0.4, 0.5) is 0 Å². The quantitative estimate of drug-likeness (QED) is 0.703. The summed E-state index contributed by atoms with van der Waals surface area (Å²) in [7, 11) is 0. The van der Waals surface area contributed by atoms with Crippen molar-refractivity contribution in [3.63, 3.8) is 0 Å². The molecule has 0 spiro atoms. The van der Waals surface area contributed by atoms with E-state index in [9.17, 15) is 10.1 Å². The Hall–Kier alpha value is -3.01. The predicted molar refractivity (Wildman–Crippen MR) is 109 cm³/mol. The summed E-state index contributed by atoms with van der Waals surface area (Å²) in [5.74, 6) is 0.735. The van der Waals surface area contributed by atoms with E-state index in [-0.39, 0.29) is 5.56 Å². The normalized spacial score (nSPS) is 15.6. The number of fused-ring (bicyclic) bond motifs is 1. The van der Waals surface area contributed by atoms with Crippen molar-refractivity contribution in [2.24, 2.45) is 0 Å². The van der Waals surface area contributed by atoms with E-state index in [1.54, 1.807) is 22.8 Å². The second kappa shape index (κ2) is 7.93. The van der Waals surface area contributed by atoms with Gasteiger partial charge in [-0.25, -0.2) is 4.98 Å².